The molecule has 1 aromatic heterocycles. The van der Waals surface area contributed by atoms with Gasteiger partial charge in [-0.2, -0.15) is 0 Å². The Balaban J connectivity index is 3.26. The Bertz CT molecular complexity index is 523. The zero-order valence-electron chi connectivity index (χ0n) is 11.2. The molecule has 0 saturated carbocycles. The van der Waals surface area contributed by atoms with Gasteiger partial charge in [-0.3, -0.25) is 4.79 Å². The highest BCUT2D eigenvalue weighted by Gasteiger charge is 2.24. The highest BCUT2D eigenvalue weighted by Crippen LogP contribution is 2.34. The van der Waals surface area contributed by atoms with Crippen LogP contribution in [-0.4, -0.2) is 28.9 Å². The molecule has 0 fully saturated rings. The molecule has 1 aromatic rings. The number of esters is 1. The summed E-state index contributed by atoms with van der Waals surface area (Å²) in [4.78, 5) is 24.1. The van der Waals surface area contributed by atoms with Gasteiger partial charge in [0.1, 0.15) is 9.32 Å². The lowest BCUT2D eigenvalue weighted by atomic mass is 10.1. The number of ether oxygens (including phenoxy) is 1. The van der Waals surface area contributed by atoms with Gasteiger partial charge in [-0.05, 0) is 32.6 Å². The predicted molar refractivity (Wildman–Crippen MR) is 84.8 cm³/mol. The predicted octanol–water partition coefficient (Wildman–Crippen LogP) is 3.50. The molecule has 4 nitrogen and oxygen atoms in total. The molecule has 104 valence electrons. The molecule has 0 aliphatic heterocycles. The average Bonchev–Trinajstić information content (AvgIpc) is 2.66. The topological polar surface area (TPSA) is 55.4 Å². The second kappa shape index (κ2) is 7.02. The Hall–Kier alpha value is -0.920. The minimum Gasteiger partial charge on any atom is -0.462 e. The fraction of sp³-hybridized carbons (Fsp3) is 0.417. The second-order valence-electron chi connectivity index (χ2n) is 3.65. The summed E-state index contributed by atoms with van der Waals surface area (Å²) in [7, 11) is 0. The van der Waals surface area contributed by atoms with Crippen molar-refractivity contribution in [2.24, 2.45) is 0 Å². The third-order valence-electron chi connectivity index (χ3n) is 2.35. The molecule has 1 rings (SSSR count). The van der Waals surface area contributed by atoms with Crippen LogP contribution in [0.1, 0.15) is 39.4 Å². The first kappa shape index (κ1) is 16.1. The van der Waals surface area contributed by atoms with Crippen LogP contribution in [0.25, 0.3) is 0 Å². The van der Waals surface area contributed by atoms with Crippen LogP contribution in [0.3, 0.4) is 0 Å². The van der Waals surface area contributed by atoms with Crippen molar-refractivity contribution in [3.63, 3.8) is 0 Å². The number of nitrogens with one attached hydrogen (secondary N) is 1. The number of thioether (sulfide) groups is 1. The fourth-order valence-corrected chi connectivity index (χ4v) is 3.06. The number of Topliss-reactive ketones (excluding diaryl/α,β-unsaturated/α-hetero) is 1. The lowest BCUT2D eigenvalue weighted by molar-refractivity contribution is 0.0527. The summed E-state index contributed by atoms with van der Waals surface area (Å²) in [5.41, 5.74) is 1.04. The normalized spacial score (nSPS) is 10.1. The van der Waals surface area contributed by atoms with Crippen LogP contribution in [0.15, 0.2) is 0 Å². The molecule has 0 atom stereocenters. The lowest BCUT2D eigenvalue weighted by Crippen LogP contribution is -2.11. The maximum Gasteiger partial charge on any atom is 0.341 e. The number of hydrogen-bond donors (Lipinski definition) is 1. The van der Waals surface area contributed by atoms with Crippen LogP contribution in [0, 0.1) is 6.92 Å². The third-order valence-corrected chi connectivity index (χ3v) is 4.73. The van der Waals surface area contributed by atoms with Crippen molar-refractivity contribution >= 4 is 56.4 Å². The third kappa shape index (κ3) is 3.77. The van der Waals surface area contributed by atoms with Crippen molar-refractivity contribution in [3.8, 4) is 0 Å². The SMILES string of the molecule is CCOC(=O)c1c(NC(=S)SC)sc(C(C)=O)c1C. The monoisotopic (exact) mass is 317 g/mol. The van der Waals surface area contributed by atoms with Crippen LogP contribution in [0.5, 0.6) is 0 Å². The first-order chi connectivity index (χ1) is 8.92. The zero-order chi connectivity index (χ0) is 14.6. The highest BCUT2D eigenvalue weighted by atomic mass is 32.2. The summed E-state index contributed by atoms with van der Waals surface area (Å²) in [6.45, 7) is 5.25. The first-order valence-corrected chi connectivity index (χ1v) is 8.03. The Kier molecular flexibility index (Phi) is 5.96. The fourth-order valence-electron chi connectivity index (χ4n) is 1.53. The Morgan fingerprint density at radius 2 is 2.11 bits per heavy atom. The number of carbonyl (C=O) groups is 2. The van der Waals surface area contributed by atoms with Gasteiger partial charge in [0.15, 0.2) is 5.78 Å². The van der Waals surface area contributed by atoms with E-state index in [-0.39, 0.29) is 12.4 Å². The Labute approximate surface area is 125 Å². The van der Waals surface area contributed by atoms with E-state index in [1.165, 1.54) is 30.0 Å². The van der Waals surface area contributed by atoms with Gasteiger partial charge in [0.25, 0.3) is 0 Å². The molecule has 1 N–H and O–H groups in total. The van der Waals surface area contributed by atoms with Crippen molar-refractivity contribution < 1.29 is 14.3 Å². The molecule has 7 heteroatoms. The van der Waals surface area contributed by atoms with Gasteiger partial charge in [-0.1, -0.05) is 12.2 Å². The number of thiocarbonyl (C=S) groups is 1. The molecular weight excluding hydrogens is 302 g/mol. The van der Waals surface area contributed by atoms with Crippen LogP contribution >= 0.6 is 35.3 Å². The quantitative estimate of drug-likeness (QED) is 0.521. The molecule has 0 amide bonds. The molecule has 0 unspecified atom stereocenters. The average molecular weight is 317 g/mol. The molecule has 19 heavy (non-hydrogen) atoms. The molecule has 0 bridgehead atoms. The molecule has 0 aromatic carbocycles. The largest absolute Gasteiger partial charge is 0.462 e. The number of rotatable bonds is 4. The Morgan fingerprint density at radius 1 is 1.47 bits per heavy atom. The molecule has 0 spiro atoms. The number of hydrogen-bond acceptors (Lipinski definition) is 6. The van der Waals surface area contributed by atoms with Gasteiger partial charge in [-0.25, -0.2) is 4.79 Å². The van der Waals surface area contributed by atoms with Gasteiger partial charge in [0, 0.05) is 0 Å². The highest BCUT2D eigenvalue weighted by molar-refractivity contribution is 8.22. The Morgan fingerprint density at radius 3 is 2.58 bits per heavy atom. The van der Waals surface area contributed by atoms with E-state index in [4.69, 9.17) is 17.0 Å². The van der Waals surface area contributed by atoms with Crippen LogP contribution in [-0.2, 0) is 4.74 Å². The van der Waals surface area contributed by atoms with Gasteiger partial charge < -0.3 is 10.1 Å². The molecule has 0 aliphatic rings. The van der Waals surface area contributed by atoms with Crippen molar-refractivity contribution in [2.75, 3.05) is 18.2 Å². The maximum absolute atomic E-state index is 12.0. The van der Waals surface area contributed by atoms with Gasteiger partial charge in [0.05, 0.1) is 17.0 Å². The summed E-state index contributed by atoms with van der Waals surface area (Å²) in [6.07, 6.45) is 1.84. The molecule has 0 saturated heterocycles. The molecule has 1 heterocycles. The number of anilines is 1. The van der Waals surface area contributed by atoms with Crippen molar-refractivity contribution in [1.29, 1.82) is 0 Å². The van der Waals surface area contributed by atoms with E-state index in [1.54, 1.807) is 13.8 Å². The van der Waals surface area contributed by atoms with Gasteiger partial charge in [0.2, 0.25) is 0 Å². The van der Waals surface area contributed by atoms with Gasteiger partial charge >= 0.3 is 5.97 Å². The number of ketones is 1. The van der Waals surface area contributed by atoms with Crippen LogP contribution in [0.4, 0.5) is 5.00 Å². The van der Waals surface area contributed by atoms with E-state index in [9.17, 15) is 9.59 Å². The van der Waals surface area contributed by atoms with Crippen molar-refractivity contribution in [1.82, 2.24) is 0 Å². The summed E-state index contributed by atoms with van der Waals surface area (Å²) in [5, 5.41) is 3.55. The summed E-state index contributed by atoms with van der Waals surface area (Å²) in [6, 6.07) is 0. The molecule has 0 radical (unpaired) electrons. The summed E-state index contributed by atoms with van der Waals surface area (Å²) >= 11 is 7.68. The molecule has 0 aliphatic carbocycles. The van der Waals surface area contributed by atoms with Crippen molar-refractivity contribution in [2.45, 2.75) is 20.8 Å². The maximum atomic E-state index is 12.0. The zero-order valence-corrected chi connectivity index (χ0v) is 13.6. The van der Waals surface area contributed by atoms with E-state index < -0.39 is 5.97 Å². The van der Waals surface area contributed by atoms with Crippen LogP contribution < -0.4 is 5.32 Å². The number of thiophene rings is 1. The smallest absolute Gasteiger partial charge is 0.341 e. The van der Waals surface area contributed by atoms with Crippen LogP contribution in [0.2, 0.25) is 0 Å². The van der Waals surface area contributed by atoms with E-state index in [1.807, 2.05) is 6.26 Å². The lowest BCUT2D eigenvalue weighted by Gasteiger charge is -2.07. The van der Waals surface area contributed by atoms with Crippen molar-refractivity contribution in [3.05, 3.63) is 16.0 Å². The minimum atomic E-state index is -0.435. The van der Waals surface area contributed by atoms with E-state index >= 15 is 0 Å². The van der Waals surface area contributed by atoms with E-state index in [0.717, 1.165) is 0 Å². The second-order valence-corrected chi connectivity index (χ2v) is 6.16. The standard InChI is InChI=1S/C12H15NO3S3/c1-5-16-11(15)8-6(2)9(7(3)14)19-10(8)13-12(17)18-4/h5H2,1-4H3,(H,13,17). The van der Waals surface area contributed by atoms with Gasteiger partial charge in [-0.15, -0.1) is 23.1 Å². The van der Waals surface area contributed by atoms with E-state index in [0.29, 0.717) is 25.3 Å². The minimum absolute atomic E-state index is 0.0730. The summed E-state index contributed by atoms with van der Waals surface area (Å²) in [5.74, 6) is -0.508. The van der Waals surface area contributed by atoms with E-state index in [2.05, 4.69) is 5.32 Å². The summed E-state index contributed by atoms with van der Waals surface area (Å²) < 4.78 is 5.57. The number of carbonyl (C=O) groups excluding carboxylic acids is 2. The first-order valence-electron chi connectivity index (χ1n) is 5.58. The molecular formula is C12H15NO3S3.